The molecule has 0 aromatic heterocycles. The Morgan fingerprint density at radius 2 is 1.95 bits per heavy atom. The van der Waals surface area contributed by atoms with Gasteiger partial charge in [0.05, 0.1) is 10.7 Å². The van der Waals surface area contributed by atoms with Crippen LogP contribution in [0.4, 0.5) is 18.9 Å². The maximum Gasteiger partial charge on any atom is 0.387 e. The molecule has 0 aliphatic carbocycles. The first-order valence-electron chi connectivity index (χ1n) is 5.88. The SMILES string of the molecule is Fc1ccc(NCc2cc(Br)ccc2OC(F)F)c(Cl)c1. The summed E-state index contributed by atoms with van der Waals surface area (Å²) in [7, 11) is 0. The lowest BCUT2D eigenvalue weighted by molar-refractivity contribution is -0.0504. The molecule has 1 N–H and O–H groups in total. The van der Waals surface area contributed by atoms with E-state index in [1.165, 1.54) is 24.3 Å². The van der Waals surface area contributed by atoms with Gasteiger partial charge in [-0.3, -0.25) is 0 Å². The van der Waals surface area contributed by atoms with Gasteiger partial charge in [-0.05, 0) is 36.4 Å². The lowest BCUT2D eigenvalue weighted by Gasteiger charge is -2.13. The van der Waals surface area contributed by atoms with Crippen molar-refractivity contribution in [1.29, 1.82) is 0 Å². The van der Waals surface area contributed by atoms with E-state index in [2.05, 4.69) is 26.0 Å². The number of alkyl halides is 2. The summed E-state index contributed by atoms with van der Waals surface area (Å²) in [6.07, 6.45) is 0. The first-order chi connectivity index (χ1) is 9.95. The van der Waals surface area contributed by atoms with E-state index in [9.17, 15) is 13.2 Å². The third-order valence-corrected chi connectivity index (χ3v) is 3.44. The van der Waals surface area contributed by atoms with Crippen molar-refractivity contribution in [1.82, 2.24) is 0 Å². The van der Waals surface area contributed by atoms with Gasteiger partial charge in [0.1, 0.15) is 11.6 Å². The molecule has 0 radical (unpaired) electrons. The number of ether oxygens (including phenoxy) is 1. The smallest absolute Gasteiger partial charge is 0.387 e. The molecular weight excluding hydrogens is 371 g/mol. The van der Waals surface area contributed by atoms with Crippen LogP contribution in [0, 0.1) is 5.82 Å². The molecule has 0 fully saturated rings. The van der Waals surface area contributed by atoms with E-state index in [0.29, 0.717) is 11.3 Å². The normalized spacial score (nSPS) is 10.8. The van der Waals surface area contributed by atoms with Crippen molar-refractivity contribution >= 4 is 33.2 Å². The van der Waals surface area contributed by atoms with Crippen molar-refractivity contribution in [3.05, 3.63) is 57.3 Å². The van der Waals surface area contributed by atoms with E-state index >= 15 is 0 Å². The number of benzene rings is 2. The van der Waals surface area contributed by atoms with Crippen molar-refractivity contribution in [3.63, 3.8) is 0 Å². The summed E-state index contributed by atoms with van der Waals surface area (Å²) in [4.78, 5) is 0. The summed E-state index contributed by atoms with van der Waals surface area (Å²) in [5.74, 6) is -0.381. The molecule has 112 valence electrons. The van der Waals surface area contributed by atoms with Gasteiger partial charge < -0.3 is 10.1 Å². The minimum atomic E-state index is -2.90. The second-order valence-electron chi connectivity index (χ2n) is 4.11. The Kier molecular flexibility index (Phi) is 5.36. The average Bonchev–Trinajstić information content (AvgIpc) is 2.40. The molecule has 0 bridgehead atoms. The average molecular weight is 381 g/mol. The van der Waals surface area contributed by atoms with Crippen LogP contribution in [-0.2, 0) is 6.54 Å². The number of rotatable bonds is 5. The summed E-state index contributed by atoms with van der Waals surface area (Å²) in [5.41, 5.74) is 1.02. The van der Waals surface area contributed by atoms with E-state index in [4.69, 9.17) is 11.6 Å². The molecule has 2 rings (SSSR count). The summed E-state index contributed by atoms with van der Waals surface area (Å²) in [5, 5.41) is 3.16. The van der Waals surface area contributed by atoms with Gasteiger partial charge in [0, 0.05) is 16.6 Å². The van der Waals surface area contributed by atoms with E-state index in [1.807, 2.05) is 0 Å². The molecule has 7 heteroatoms. The van der Waals surface area contributed by atoms with Gasteiger partial charge in [0.2, 0.25) is 0 Å². The zero-order chi connectivity index (χ0) is 15.4. The number of halogens is 5. The van der Waals surface area contributed by atoms with Gasteiger partial charge in [0.25, 0.3) is 0 Å². The first-order valence-corrected chi connectivity index (χ1v) is 7.05. The van der Waals surface area contributed by atoms with Gasteiger partial charge in [-0.25, -0.2) is 4.39 Å². The number of hydrogen-bond donors (Lipinski definition) is 1. The molecule has 0 atom stereocenters. The molecule has 0 saturated carbocycles. The van der Waals surface area contributed by atoms with Crippen molar-refractivity contribution in [3.8, 4) is 5.75 Å². The number of nitrogens with one attached hydrogen (secondary N) is 1. The van der Waals surface area contributed by atoms with Gasteiger partial charge >= 0.3 is 6.61 Å². The predicted octanol–water partition coefficient (Wildman–Crippen LogP) is 5.46. The Morgan fingerprint density at radius 3 is 2.62 bits per heavy atom. The van der Waals surface area contributed by atoms with E-state index in [-0.39, 0.29) is 17.3 Å². The molecule has 2 aromatic rings. The van der Waals surface area contributed by atoms with E-state index in [1.54, 1.807) is 12.1 Å². The Hall–Kier alpha value is -1.40. The van der Waals surface area contributed by atoms with Crippen LogP contribution >= 0.6 is 27.5 Å². The summed E-state index contributed by atoms with van der Waals surface area (Å²) in [6.45, 7) is -2.70. The topological polar surface area (TPSA) is 21.3 Å². The Balaban J connectivity index is 2.16. The zero-order valence-electron chi connectivity index (χ0n) is 10.5. The lowest BCUT2D eigenvalue weighted by atomic mass is 10.2. The Labute approximate surface area is 133 Å². The van der Waals surface area contributed by atoms with Crippen LogP contribution in [0.1, 0.15) is 5.56 Å². The standard InChI is InChI=1S/C14H10BrClF3NO/c15-9-1-4-13(21-14(18)19)8(5-9)7-20-12-3-2-10(17)6-11(12)16/h1-6,14,20H,7H2. The zero-order valence-corrected chi connectivity index (χ0v) is 12.9. The van der Waals surface area contributed by atoms with E-state index < -0.39 is 12.4 Å². The molecule has 2 aromatic carbocycles. The Morgan fingerprint density at radius 1 is 1.19 bits per heavy atom. The fourth-order valence-electron chi connectivity index (χ4n) is 1.72. The second kappa shape index (κ2) is 7.04. The predicted molar refractivity (Wildman–Crippen MR) is 79.5 cm³/mol. The number of anilines is 1. The molecule has 0 amide bonds. The third-order valence-electron chi connectivity index (χ3n) is 2.64. The van der Waals surface area contributed by atoms with Crippen LogP contribution < -0.4 is 10.1 Å². The molecule has 0 aliphatic heterocycles. The van der Waals surface area contributed by atoms with Gasteiger partial charge in [-0.2, -0.15) is 8.78 Å². The van der Waals surface area contributed by atoms with Gasteiger partial charge in [-0.1, -0.05) is 27.5 Å². The fraction of sp³-hybridized carbons (Fsp3) is 0.143. The molecular formula is C14H10BrClF3NO. The maximum absolute atomic E-state index is 12.9. The Bertz CT molecular complexity index is 640. The van der Waals surface area contributed by atoms with Gasteiger partial charge in [-0.15, -0.1) is 0 Å². The maximum atomic E-state index is 12.9. The van der Waals surface area contributed by atoms with Crippen LogP contribution in [-0.4, -0.2) is 6.61 Å². The van der Waals surface area contributed by atoms with Crippen molar-refractivity contribution in [2.45, 2.75) is 13.2 Å². The summed E-state index contributed by atoms with van der Waals surface area (Å²) < 4.78 is 42.8. The minimum absolute atomic E-state index is 0.0685. The lowest BCUT2D eigenvalue weighted by Crippen LogP contribution is -2.07. The fourth-order valence-corrected chi connectivity index (χ4v) is 2.36. The molecule has 0 unspecified atom stereocenters. The number of hydrogen-bond acceptors (Lipinski definition) is 2. The quantitative estimate of drug-likeness (QED) is 0.744. The third kappa shape index (κ3) is 4.54. The van der Waals surface area contributed by atoms with Crippen LogP contribution in [0.25, 0.3) is 0 Å². The molecule has 0 spiro atoms. The molecule has 0 heterocycles. The first kappa shape index (κ1) is 16.0. The molecule has 0 aliphatic rings. The molecule has 2 nitrogen and oxygen atoms in total. The molecule has 21 heavy (non-hydrogen) atoms. The van der Waals surface area contributed by atoms with E-state index in [0.717, 1.165) is 4.47 Å². The highest BCUT2D eigenvalue weighted by atomic mass is 79.9. The van der Waals surface area contributed by atoms with Crippen LogP contribution in [0.3, 0.4) is 0 Å². The van der Waals surface area contributed by atoms with Crippen molar-refractivity contribution in [2.24, 2.45) is 0 Å². The largest absolute Gasteiger partial charge is 0.434 e. The highest BCUT2D eigenvalue weighted by molar-refractivity contribution is 9.10. The second-order valence-corrected chi connectivity index (χ2v) is 5.43. The van der Waals surface area contributed by atoms with Crippen molar-refractivity contribution in [2.75, 3.05) is 5.32 Å². The highest BCUT2D eigenvalue weighted by Crippen LogP contribution is 2.27. The van der Waals surface area contributed by atoms with Crippen LogP contribution in [0.5, 0.6) is 5.75 Å². The van der Waals surface area contributed by atoms with Crippen molar-refractivity contribution < 1.29 is 17.9 Å². The summed E-state index contributed by atoms with van der Waals surface area (Å²) in [6, 6.07) is 8.60. The minimum Gasteiger partial charge on any atom is -0.434 e. The summed E-state index contributed by atoms with van der Waals surface area (Å²) >= 11 is 9.15. The van der Waals surface area contributed by atoms with Crippen LogP contribution in [0.2, 0.25) is 5.02 Å². The van der Waals surface area contributed by atoms with Gasteiger partial charge in [0.15, 0.2) is 0 Å². The monoisotopic (exact) mass is 379 g/mol. The highest BCUT2D eigenvalue weighted by Gasteiger charge is 2.11. The van der Waals surface area contributed by atoms with Crippen LogP contribution in [0.15, 0.2) is 40.9 Å². The molecule has 0 saturated heterocycles.